The Balaban J connectivity index is 1.57. The van der Waals surface area contributed by atoms with Gasteiger partial charge in [0.25, 0.3) is 0 Å². The molecule has 0 aliphatic heterocycles. The third-order valence-corrected chi connectivity index (χ3v) is 5.82. The van der Waals surface area contributed by atoms with Crippen molar-refractivity contribution in [3.63, 3.8) is 0 Å². The molecule has 10 heteroatoms. The number of rotatable bonds is 11. The second-order valence-corrected chi connectivity index (χ2v) is 8.19. The van der Waals surface area contributed by atoms with Gasteiger partial charge in [-0.2, -0.15) is 0 Å². The van der Waals surface area contributed by atoms with E-state index in [-0.39, 0.29) is 50.2 Å². The number of aliphatic hydroxyl groups excluding tert-OH is 1. The number of aromatic nitrogens is 1. The van der Waals surface area contributed by atoms with Crippen LogP contribution in [0.15, 0.2) is 54.7 Å². The van der Waals surface area contributed by atoms with E-state index in [4.69, 9.17) is 26.2 Å². The van der Waals surface area contributed by atoms with Crippen LogP contribution >= 0.6 is 11.6 Å². The summed E-state index contributed by atoms with van der Waals surface area (Å²) in [6, 6.07) is 13.2. The van der Waals surface area contributed by atoms with Gasteiger partial charge in [-0.15, -0.1) is 0 Å². The van der Waals surface area contributed by atoms with E-state index in [1.165, 1.54) is 17.0 Å². The molecule has 0 radical (unpaired) electrons. The van der Waals surface area contributed by atoms with E-state index in [1.807, 2.05) is 24.3 Å². The number of ether oxygens (including phenoxy) is 2. The van der Waals surface area contributed by atoms with Crippen LogP contribution in [0.3, 0.4) is 0 Å². The molecule has 0 aliphatic carbocycles. The maximum absolute atomic E-state index is 13.6. The highest BCUT2D eigenvalue weighted by atomic mass is 35.5. The fourth-order valence-electron chi connectivity index (χ4n) is 3.38. The third kappa shape index (κ3) is 7.61. The molecule has 1 heterocycles. The van der Waals surface area contributed by atoms with Crippen molar-refractivity contribution in [2.24, 2.45) is 0 Å². The van der Waals surface area contributed by atoms with Gasteiger partial charge in [-0.1, -0.05) is 48.0 Å². The van der Waals surface area contributed by atoms with Crippen LogP contribution in [0.25, 0.3) is 10.8 Å². The maximum Gasteiger partial charge on any atom is 0.412 e. The van der Waals surface area contributed by atoms with Crippen LogP contribution in [0.5, 0.6) is 0 Å². The fourth-order valence-corrected chi connectivity index (χ4v) is 3.60. The zero-order valence-corrected chi connectivity index (χ0v) is 20.0. The number of nitrogens with one attached hydrogen (secondary N) is 1. The lowest BCUT2D eigenvalue weighted by Gasteiger charge is -2.28. The normalized spacial score (nSPS) is 11.8. The summed E-state index contributed by atoms with van der Waals surface area (Å²) < 4.78 is 24.3. The van der Waals surface area contributed by atoms with Crippen molar-refractivity contribution in [2.75, 3.05) is 38.8 Å². The lowest BCUT2D eigenvalue weighted by Crippen LogP contribution is -2.44. The average molecular weight is 504 g/mol. The first kappa shape index (κ1) is 26.3. The number of amides is 2. The Morgan fingerprint density at radius 1 is 1.17 bits per heavy atom. The van der Waals surface area contributed by atoms with E-state index >= 15 is 0 Å². The molecule has 0 bridgehead atoms. The van der Waals surface area contributed by atoms with E-state index < -0.39 is 18.0 Å². The number of fused-ring (bicyclic) bond motifs is 1. The second-order valence-electron chi connectivity index (χ2n) is 7.81. The lowest BCUT2D eigenvalue weighted by molar-refractivity contribution is -0.134. The predicted molar refractivity (Wildman–Crippen MR) is 131 cm³/mol. The lowest BCUT2D eigenvalue weighted by atomic mass is 10.1. The Morgan fingerprint density at radius 3 is 2.71 bits per heavy atom. The van der Waals surface area contributed by atoms with Crippen molar-refractivity contribution in [1.82, 2.24) is 9.88 Å². The summed E-state index contributed by atoms with van der Waals surface area (Å²) in [5.74, 6) is -0.470. The highest BCUT2D eigenvalue weighted by molar-refractivity contribution is 6.31. The molecular formula is C25H27ClFN3O5. The van der Waals surface area contributed by atoms with Crippen molar-refractivity contribution in [3.05, 3.63) is 71.1 Å². The standard InChI is InChI=1S/C25H27ClFN3O5/c1-30(23(32)10-9-17-7-4-8-21(27)24(17)26)20(15-34-12-11-31)16-35-25(33)29-22-13-18-5-2-3-6-19(18)14-28-22/h2-8,13-14,20,31H,9-12,15-16H2,1H3,(H,28,29,33)/t20-/m0/s1. The van der Waals surface area contributed by atoms with Crippen molar-refractivity contribution in [2.45, 2.75) is 18.9 Å². The van der Waals surface area contributed by atoms with Gasteiger partial charge in [0.1, 0.15) is 18.2 Å². The highest BCUT2D eigenvalue weighted by Crippen LogP contribution is 2.21. The minimum Gasteiger partial charge on any atom is -0.447 e. The van der Waals surface area contributed by atoms with Crippen LogP contribution in [-0.2, 0) is 20.7 Å². The fraction of sp³-hybridized carbons (Fsp3) is 0.320. The Labute approximate surface area is 207 Å². The van der Waals surface area contributed by atoms with E-state index in [2.05, 4.69) is 10.3 Å². The minimum absolute atomic E-state index is 0.00640. The molecule has 2 N–H and O–H groups in total. The van der Waals surface area contributed by atoms with Gasteiger partial charge in [-0.3, -0.25) is 10.1 Å². The number of pyridine rings is 1. The number of likely N-dealkylation sites (N-methyl/N-ethyl adjacent to an activating group) is 1. The zero-order chi connectivity index (χ0) is 25.2. The molecule has 35 heavy (non-hydrogen) atoms. The van der Waals surface area contributed by atoms with Gasteiger partial charge in [0.05, 0.1) is 30.9 Å². The topological polar surface area (TPSA) is 101 Å². The molecule has 0 saturated carbocycles. The molecule has 1 atom stereocenters. The van der Waals surface area contributed by atoms with Crippen LogP contribution in [0.2, 0.25) is 5.02 Å². The molecule has 0 unspecified atom stereocenters. The van der Waals surface area contributed by atoms with Gasteiger partial charge in [-0.05, 0) is 29.5 Å². The molecule has 8 nitrogen and oxygen atoms in total. The van der Waals surface area contributed by atoms with E-state index in [9.17, 15) is 14.0 Å². The van der Waals surface area contributed by atoms with E-state index in [0.717, 1.165) is 10.8 Å². The van der Waals surface area contributed by atoms with Crippen LogP contribution in [0.1, 0.15) is 12.0 Å². The summed E-state index contributed by atoms with van der Waals surface area (Å²) in [6.07, 6.45) is 1.24. The first-order valence-corrected chi connectivity index (χ1v) is 11.4. The number of aryl methyl sites for hydroxylation is 1. The highest BCUT2D eigenvalue weighted by Gasteiger charge is 2.22. The predicted octanol–water partition coefficient (Wildman–Crippen LogP) is 4.04. The third-order valence-electron chi connectivity index (χ3n) is 5.39. The first-order valence-electron chi connectivity index (χ1n) is 11.0. The number of hydrogen-bond donors (Lipinski definition) is 2. The van der Waals surface area contributed by atoms with Crippen molar-refractivity contribution in [1.29, 1.82) is 0 Å². The molecule has 2 amide bonds. The second kappa shape index (κ2) is 13.0. The maximum atomic E-state index is 13.6. The largest absolute Gasteiger partial charge is 0.447 e. The molecule has 0 aliphatic rings. The molecule has 1 aromatic heterocycles. The van der Waals surface area contributed by atoms with Gasteiger partial charge < -0.3 is 19.5 Å². The van der Waals surface area contributed by atoms with Crippen LogP contribution in [0.4, 0.5) is 15.0 Å². The zero-order valence-electron chi connectivity index (χ0n) is 19.2. The molecule has 0 spiro atoms. The average Bonchev–Trinajstić information content (AvgIpc) is 2.86. The summed E-state index contributed by atoms with van der Waals surface area (Å²) in [5.41, 5.74) is 0.528. The van der Waals surface area contributed by atoms with Gasteiger partial charge in [0.15, 0.2) is 0 Å². The Kier molecular flexibility index (Phi) is 9.77. The van der Waals surface area contributed by atoms with Gasteiger partial charge in [0, 0.05) is 25.1 Å². The quantitative estimate of drug-likeness (QED) is 0.383. The monoisotopic (exact) mass is 503 g/mol. The van der Waals surface area contributed by atoms with Crippen molar-refractivity contribution < 1.29 is 28.6 Å². The minimum atomic E-state index is -0.729. The van der Waals surface area contributed by atoms with Gasteiger partial charge >= 0.3 is 6.09 Å². The van der Waals surface area contributed by atoms with Gasteiger partial charge in [0.2, 0.25) is 5.91 Å². The Bertz CT molecular complexity index is 1160. The van der Waals surface area contributed by atoms with Crippen LogP contribution < -0.4 is 5.32 Å². The van der Waals surface area contributed by atoms with Gasteiger partial charge in [-0.25, -0.2) is 14.2 Å². The van der Waals surface area contributed by atoms with E-state index in [1.54, 1.807) is 25.4 Å². The summed E-state index contributed by atoms with van der Waals surface area (Å²) in [6.45, 7) is -0.207. The summed E-state index contributed by atoms with van der Waals surface area (Å²) in [5, 5.41) is 13.4. The molecular weight excluding hydrogens is 477 g/mol. The Morgan fingerprint density at radius 2 is 1.94 bits per heavy atom. The number of carbonyl (C=O) groups excluding carboxylic acids is 2. The number of halogens is 2. The molecule has 0 fully saturated rings. The SMILES string of the molecule is CN(C(=O)CCc1cccc(F)c1Cl)[C@@H](COCCO)COC(=O)Nc1cc2ccccc2cn1. The summed E-state index contributed by atoms with van der Waals surface area (Å²) in [4.78, 5) is 30.7. The molecule has 2 aromatic carbocycles. The number of anilines is 1. The molecule has 3 aromatic rings. The number of nitrogens with zero attached hydrogens (tertiary/aromatic N) is 2. The first-order chi connectivity index (χ1) is 16.9. The molecule has 186 valence electrons. The number of benzene rings is 2. The number of hydrogen-bond acceptors (Lipinski definition) is 6. The summed E-state index contributed by atoms with van der Waals surface area (Å²) in [7, 11) is 1.56. The Hall–Kier alpha value is -3.27. The van der Waals surface area contributed by atoms with Crippen LogP contribution in [0, 0.1) is 5.82 Å². The number of carbonyl (C=O) groups is 2. The number of aliphatic hydroxyl groups is 1. The van der Waals surface area contributed by atoms with Crippen LogP contribution in [-0.4, -0.2) is 66.5 Å². The molecule has 3 rings (SSSR count). The van der Waals surface area contributed by atoms with Crippen molar-refractivity contribution in [3.8, 4) is 0 Å². The van der Waals surface area contributed by atoms with E-state index in [0.29, 0.717) is 11.4 Å². The molecule has 0 saturated heterocycles. The smallest absolute Gasteiger partial charge is 0.412 e. The summed E-state index contributed by atoms with van der Waals surface area (Å²) >= 11 is 5.97. The van der Waals surface area contributed by atoms with Crippen molar-refractivity contribution >= 4 is 40.2 Å².